The molecule has 0 aliphatic carbocycles. The van der Waals surface area contributed by atoms with Gasteiger partial charge in [-0.1, -0.05) is 42.5 Å². The maximum absolute atomic E-state index is 11.9. The predicted octanol–water partition coefficient (Wildman–Crippen LogP) is 3.12. The Labute approximate surface area is 117 Å². The average Bonchev–Trinajstić information content (AvgIpc) is 2.50. The molecule has 0 N–H and O–H groups in total. The Hall–Kier alpha value is -2.55. The molecule has 20 heavy (non-hydrogen) atoms. The number of para-hydroxylation sites is 1. The summed E-state index contributed by atoms with van der Waals surface area (Å²) in [7, 11) is 1.77. The molecular weight excluding hydrogens is 250 g/mol. The molecule has 0 radical (unpaired) electrons. The number of ether oxygens (including phenoxy) is 1. The van der Waals surface area contributed by atoms with E-state index in [2.05, 4.69) is 0 Å². The van der Waals surface area contributed by atoms with Gasteiger partial charge in [0.05, 0.1) is 5.52 Å². The van der Waals surface area contributed by atoms with Gasteiger partial charge in [-0.2, -0.15) is 0 Å². The molecule has 0 spiro atoms. The zero-order chi connectivity index (χ0) is 13.9. The van der Waals surface area contributed by atoms with E-state index in [1.165, 1.54) is 0 Å². The molecule has 0 aliphatic rings. The van der Waals surface area contributed by atoms with E-state index in [-0.39, 0.29) is 5.56 Å². The monoisotopic (exact) mass is 265 g/mol. The Balaban J connectivity index is 2.00. The third-order valence-corrected chi connectivity index (χ3v) is 3.35. The van der Waals surface area contributed by atoms with Crippen LogP contribution >= 0.6 is 0 Å². The molecule has 0 amide bonds. The van der Waals surface area contributed by atoms with Crippen molar-refractivity contribution in [2.45, 2.75) is 6.61 Å². The van der Waals surface area contributed by atoms with Gasteiger partial charge in [0.25, 0.3) is 5.56 Å². The lowest BCUT2D eigenvalue weighted by molar-refractivity contribution is 0.309. The number of aromatic nitrogens is 1. The minimum Gasteiger partial charge on any atom is -0.488 e. The van der Waals surface area contributed by atoms with E-state index in [4.69, 9.17) is 4.74 Å². The SMILES string of the molecule is Cn1c(=O)cc(OCc2ccccc2)c2ccccc21. The van der Waals surface area contributed by atoms with E-state index in [9.17, 15) is 4.79 Å². The highest BCUT2D eigenvalue weighted by Crippen LogP contribution is 2.23. The molecule has 0 bridgehead atoms. The first kappa shape index (κ1) is 12.5. The van der Waals surface area contributed by atoms with Crippen LogP contribution in [0.25, 0.3) is 10.9 Å². The van der Waals surface area contributed by atoms with Crippen LogP contribution in [0, 0.1) is 0 Å². The first-order valence-corrected chi connectivity index (χ1v) is 6.51. The molecule has 3 rings (SSSR count). The van der Waals surface area contributed by atoms with Gasteiger partial charge in [0.1, 0.15) is 12.4 Å². The minimum atomic E-state index is -0.0632. The van der Waals surface area contributed by atoms with Crippen molar-refractivity contribution in [3.63, 3.8) is 0 Å². The lowest BCUT2D eigenvalue weighted by Gasteiger charge is -2.11. The number of fused-ring (bicyclic) bond motifs is 1. The van der Waals surface area contributed by atoms with Crippen molar-refractivity contribution < 1.29 is 4.74 Å². The summed E-state index contributed by atoms with van der Waals surface area (Å²) in [4.78, 5) is 11.9. The lowest BCUT2D eigenvalue weighted by atomic mass is 10.2. The Bertz CT molecular complexity index is 791. The second kappa shape index (κ2) is 5.21. The van der Waals surface area contributed by atoms with E-state index in [0.29, 0.717) is 12.4 Å². The second-order valence-electron chi connectivity index (χ2n) is 4.70. The molecule has 0 aliphatic heterocycles. The number of rotatable bonds is 3. The van der Waals surface area contributed by atoms with Crippen LogP contribution in [0.1, 0.15) is 5.56 Å². The fourth-order valence-electron chi connectivity index (χ4n) is 2.23. The summed E-state index contributed by atoms with van der Waals surface area (Å²) in [5.41, 5.74) is 1.90. The number of benzene rings is 2. The molecule has 3 heteroatoms. The highest BCUT2D eigenvalue weighted by atomic mass is 16.5. The van der Waals surface area contributed by atoms with Crippen LogP contribution in [-0.4, -0.2) is 4.57 Å². The summed E-state index contributed by atoms with van der Waals surface area (Å²) < 4.78 is 7.46. The first-order valence-electron chi connectivity index (χ1n) is 6.51. The number of nitrogens with zero attached hydrogens (tertiary/aromatic N) is 1. The largest absolute Gasteiger partial charge is 0.488 e. The first-order chi connectivity index (χ1) is 9.75. The van der Waals surface area contributed by atoms with Gasteiger partial charge in [-0.05, 0) is 17.7 Å². The molecule has 100 valence electrons. The van der Waals surface area contributed by atoms with Gasteiger partial charge in [-0.15, -0.1) is 0 Å². The Kier molecular flexibility index (Phi) is 3.25. The summed E-state index contributed by atoms with van der Waals surface area (Å²) in [6.45, 7) is 0.456. The summed E-state index contributed by atoms with van der Waals surface area (Å²) in [6.07, 6.45) is 0. The number of hydrogen-bond acceptors (Lipinski definition) is 2. The molecule has 1 aromatic heterocycles. The van der Waals surface area contributed by atoms with E-state index in [1.807, 2.05) is 54.6 Å². The zero-order valence-electron chi connectivity index (χ0n) is 11.2. The number of pyridine rings is 1. The molecule has 1 heterocycles. The van der Waals surface area contributed by atoms with Crippen molar-refractivity contribution >= 4 is 10.9 Å². The van der Waals surface area contributed by atoms with Crippen LogP contribution < -0.4 is 10.3 Å². The van der Waals surface area contributed by atoms with Crippen LogP contribution in [0.4, 0.5) is 0 Å². The lowest BCUT2D eigenvalue weighted by Crippen LogP contribution is -2.16. The summed E-state index contributed by atoms with van der Waals surface area (Å²) in [5, 5.41) is 0.950. The van der Waals surface area contributed by atoms with Crippen molar-refractivity contribution in [2.24, 2.45) is 7.05 Å². The van der Waals surface area contributed by atoms with Crippen LogP contribution in [0.2, 0.25) is 0 Å². The fourth-order valence-corrected chi connectivity index (χ4v) is 2.23. The summed E-state index contributed by atoms with van der Waals surface area (Å²) >= 11 is 0. The Morgan fingerprint density at radius 3 is 2.50 bits per heavy atom. The van der Waals surface area contributed by atoms with E-state index >= 15 is 0 Å². The predicted molar refractivity (Wildman–Crippen MR) is 80.0 cm³/mol. The van der Waals surface area contributed by atoms with Crippen molar-refractivity contribution in [3.8, 4) is 5.75 Å². The Morgan fingerprint density at radius 2 is 1.70 bits per heavy atom. The molecular formula is C17H15NO2. The molecule has 3 aromatic rings. The van der Waals surface area contributed by atoms with Gasteiger partial charge < -0.3 is 9.30 Å². The summed E-state index contributed by atoms with van der Waals surface area (Å²) in [5.74, 6) is 0.632. The van der Waals surface area contributed by atoms with E-state index in [0.717, 1.165) is 16.5 Å². The van der Waals surface area contributed by atoms with Crippen LogP contribution in [-0.2, 0) is 13.7 Å². The quantitative estimate of drug-likeness (QED) is 0.728. The van der Waals surface area contributed by atoms with Gasteiger partial charge in [-0.25, -0.2) is 0 Å². The third-order valence-electron chi connectivity index (χ3n) is 3.35. The zero-order valence-corrected chi connectivity index (χ0v) is 11.2. The van der Waals surface area contributed by atoms with Gasteiger partial charge in [0.2, 0.25) is 0 Å². The molecule has 0 saturated heterocycles. The standard InChI is InChI=1S/C17H15NO2/c1-18-15-10-6-5-9-14(15)16(11-17(18)19)20-12-13-7-3-2-4-8-13/h2-11H,12H2,1H3. The number of hydrogen-bond donors (Lipinski definition) is 0. The van der Waals surface area contributed by atoms with Gasteiger partial charge in [-0.3, -0.25) is 4.79 Å². The summed E-state index contributed by atoms with van der Waals surface area (Å²) in [6, 6.07) is 19.2. The second-order valence-corrected chi connectivity index (χ2v) is 4.70. The van der Waals surface area contributed by atoms with Gasteiger partial charge >= 0.3 is 0 Å². The molecule has 0 atom stereocenters. The smallest absolute Gasteiger partial charge is 0.254 e. The Morgan fingerprint density at radius 1 is 1.00 bits per heavy atom. The van der Waals surface area contributed by atoms with E-state index < -0.39 is 0 Å². The molecule has 2 aromatic carbocycles. The van der Waals surface area contributed by atoms with Gasteiger partial charge in [0, 0.05) is 18.5 Å². The normalized spacial score (nSPS) is 10.7. The molecule has 0 saturated carbocycles. The maximum atomic E-state index is 11.9. The number of aryl methyl sites for hydroxylation is 1. The van der Waals surface area contributed by atoms with Crippen molar-refractivity contribution in [1.29, 1.82) is 0 Å². The fraction of sp³-hybridized carbons (Fsp3) is 0.118. The average molecular weight is 265 g/mol. The molecule has 0 unspecified atom stereocenters. The highest BCUT2D eigenvalue weighted by molar-refractivity contribution is 5.85. The topological polar surface area (TPSA) is 31.2 Å². The van der Waals surface area contributed by atoms with Crippen LogP contribution in [0.3, 0.4) is 0 Å². The maximum Gasteiger partial charge on any atom is 0.254 e. The molecule has 0 fully saturated rings. The van der Waals surface area contributed by atoms with Crippen molar-refractivity contribution in [1.82, 2.24) is 4.57 Å². The third kappa shape index (κ3) is 2.30. The van der Waals surface area contributed by atoms with E-state index in [1.54, 1.807) is 17.7 Å². The highest BCUT2D eigenvalue weighted by Gasteiger charge is 2.07. The van der Waals surface area contributed by atoms with Crippen molar-refractivity contribution in [2.75, 3.05) is 0 Å². The van der Waals surface area contributed by atoms with Crippen molar-refractivity contribution in [3.05, 3.63) is 76.6 Å². The minimum absolute atomic E-state index is 0.0632. The van der Waals surface area contributed by atoms with Crippen LogP contribution in [0.5, 0.6) is 5.75 Å². The van der Waals surface area contributed by atoms with Crippen LogP contribution in [0.15, 0.2) is 65.5 Å². The molecule has 3 nitrogen and oxygen atoms in total. The van der Waals surface area contributed by atoms with Gasteiger partial charge in [0.15, 0.2) is 0 Å².